The minimum absolute atomic E-state index is 0. The third kappa shape index (κ3) is 4.27. The summed E-state index contributed by atoms with van der Waals surface area (Å²) in [6.07, 6.45) is 4.46. The van der Waals surface area contributed by atoms with Crippen molar-refractivity contribution in [1.29, 1.82) is 0 Å². The van der Waals surface area contributed by atoms with Gasteiger partial charge in [0.15, 0.2) is 5.82 Å². The van der Waals surface area contributed by atoms with E-state index in [1.807, 2.05) is 36.4 Å². The van der Waals surface area contributed by atoms with E-state index in [0.29, 0.717) is 23.2 Å². The van der Waals surface area contributed by atoms with Gasteiger partial charge in [-0.2, -0.15) is 0 Å². The third-order valence-corrected chi connectivity index (χ3v) is 5.57. The van der Waals surface area contributed by atoms with Crippen molar-refractivity contribution in [3.63, 3.8) is 0 Å². The number of benzene rings is 2. The molecule has 0 spiro atoms. The molecule has 0 aliphatic heterocycles. The fourth-order valence-electron chi connectivity index (χ4n) is 3.04. The molecule has 4 rings (SSSR count). The second kappa shape index (κ2) is 8.03. The van der Waals surface area contributed by atoms with Crippen molar-refractivity contribution in [1.82, 2.24) is 14.8 Å². The fraction of sp³-hybridized carbons (Fsp3) is 0.250. The topological polar surface area (TPSA) is 85.8 Å². The van der Waals surface area contributed by atoms with Gasteiger partial charge in [-0.1, -0.05) is 27.5 Å². The van der Waals surface area contributed by atoms with E-state index in [1.165, 1.54) is 12.8 Å². The monoisotopic (exact) mass is 461 g/mol. The SMILES string of the molecule is NC(Cc1cc(Br)ccc1Cl)C(=O)Nc1ccc(-c2nncn2C2CC2)cc1.[HH]. The Morgan fingerprint density at radius 3 is 2.79 bits per heavy atom. The Morgan fingerprint density at radius 1 is 1.32 bits per heavy atom. The zero-order valence-electron chi connectivity index (χ0n) is 15.0. The van der Waals surface area contributed by atoms with Gasteiger partial charge in [-0.25, -0.2) is 0 Å². The number of nitrogens with two attached hydrogens (primary N) is 1. The van der Waals surface area contributed by atoms with E-state index in [-0.39, 0.29) is 7.33 Å². The van der Waals surface area contributed by atoms with Crippen LogP contribution in [-0.4, -0.2) is 26.7 Å². The van der Waals surface area contributed by atoms with Crippen LogP contribution in [0.4, 0.5) is 5.69 Å². The molecule has 8 heteroatoms. The predicted octanol–water partition coefficient (Wildman–Crippen LogP) is 4.45. The minimum atomic E-state index is -0.704. The molecule has 1 aliphatic rings. The van der Waals surface area contributed by atoms with Crippen LogP contribution in [-0.2, 0) is 11.2 Å². The number of hydrogen-bond acceptors (Lipinski definition) is 4. The highest BCUT2D eigenvalue weighted by molar-refractivity contribution is 9.10. The number of aromatic nitrogens is 3. The van der Waals surface area contributed by atoms with Gasteiger partial charge in [-0.15, -0.1) is 10.2 Å². The average molecular weight is 463 g/mol. The molecular formula is C20H21BrClN5O. The quantitative estimate of drug-likeness (QED) is 0.567. The van der Waals surface area contributed by atoms with Gasteiger partial charge in [0.25, 0.3) is 0 Å². The first kappa shape index (κ1) is 19.1. The Morgan fingerprint density at radius 2 is 2.07 bits per heavy atom. The molecule has 1 saturated carbocycles. The number of nitrogens with one attached hydrogen (secondary N) is 1. The summed E-state index contributed by atoms with van der Waals surface area (Å²) >= 11 is 9.60. The molecule has 146 valence electrons. The Labute approximate surface area is 177 Å². The number of carbonyl (C=O) groups excluding carboxylic acids is 1. The maximum Gasteiger partial charge on any atom is 0.241 e. The predicted molar refractivity (Wildman–Crippen MR) is 115 cm³/mol. The van der Waals surface area contributed by atoms with Crippen LogP contribution in [0.1, 0.15) is 25.9 Å². The molecule has 1 amide bonds. The van der Waals surface area contributed by atoms with Crippen molar-refractivity contribution < 1.29 is 6.22 Å². The zero-order chi connectivity index (χ0) is 19.7. The lowest BCUT2D eigenvalue weighted by Gasteiger charge is -2.14. The van der Waals surface area contributed by atoms with Crippen molar-refractivity contribution in [2.45, 2.75) is 31.3 Å². The van der Waals surface area contributed by atoms with Gasteiger partial charge < -0.3 is 15.6 Å². The van der Waals surface area contributed by atoms with Gasteiger partial charge in [0.1, 0.15) is 6.33 Å². The van der Waals surface area contributed by atoms with E-state index in [0.717, 1.165) is 21.4 Å². The fourth-order valence-corrected chi connectivity index (χ4v) is 3.64. The molecule has 1 unspecified atom stereocenters. The lowest BCUT2D eigenvalue weighted by atomic mass is 10.1. The molecule has 6 nitrogen and oxygen atoms in total. The van der Waals surface area contributed by atoms with Crippen LogP contribution >= 0.6 is 27.5 Å². The molecule has 1 fully saturated rings. The van der Waals surface area contributed by atoms with E-state index in [9.17, 15) is 4.79 Å². The molecule has 0 bridgehead atoms. The van der Waals surface area contributed by atoms with Gasteiger partial charge in [-0.3, -0.25) is 4.79 Å². The van der Waals surface area contributed by atoms with Gasteiger partial charge in [0.05, 0.1) is 6.04 Å². The van der Waals surface area contributed by atoms with Crippen molar-refractivity contribution in [2.24, 2.45) is 5.73 Å². The summed E-state index contributed by atoms with van der Waals surface area (Å²) in [5.74, 6) is 0.589. The second-order valence-corrected chi connectivity index (χ2v) is 8.23. The maximum atomic E-state index is 12.5. The smallest absolute Gasteiger partial charge is 0.241 e. The molecule has 28 heavy (non-hydrogen) atoms. The van der Waals surface area contributed by atoms with E-state index in [2.05, 4.69) is 36.0 Å². The summed E-state index contributed by atoms with van der Waals surface area (Å²) in [4.78, 5) is 12.5. The van der Waals surface area contributed by atoms with Gasteiger partial charge >= 0.3 is 0 Å². The first-order valence-corrected chi connectivity index (χ1v) is 10.2. The minimum Gasteiger partial charge on any atom is -0.325 e. The Bertz CT molecular complexity index is 1010. The van der Waals surface area contributed by atoms with Gasteiger partial charge in [0.2, 0.25) is 5.91 Å². The molecule has 3 aromatic rings. The number of halogens is 2. The summed E-state index contributed by atoms with van der Waals surface area (Å²) in [7, 11) is 0. The number of carbonyl (C=O) groups is 1. The lowest BCUT2D eigenvalue weighted by molar-refractivity contribution is -0.117. The normalized spacial score (nSPS) is 14.7. The summed E-state index contributed by atoms with van der Waals surface area (Å²) < 4.78 is 3.00. The van der Waals surface area contributed by atoms with Crippen LogP contribution in [0.2, 0.25) is 5.02 Å². The van der Waals surface area contributed by atoms with E-state index in [1.54, 1.807) is 12.4 Å². The Balaban J connectivity index is 0.00000240. The number of nitrogens with zero attached hydrogens (tertiary/aromatic N) is 3. The van der Waals surface area contributed by atoms with Crippen LogP contribution in [0.25, 0.3) is 11.4 Å². The molecule has 1 heterocycles. The van der Waals surface area contributed by atoms with Crippen molar-refractivity contribution in [3.8, 4) is 11.4 Å². The molecule has 0 saturated heterocycles. The summed E-state index contributed by atoms with van der Waals surface area (Å²) in [5.41, 5.74) is 8.55. The second-order valence-electron chi connectivity index (χ2n) is 6.91. The van der Waals surface area contributed by atoms with E-state index >= 15 is 0 Å². The number of anilines is 1. The average Bonchev–Trinajstić information content (AvgIpc) is 3.42. The van der Waals surface area contributed by atoms with Crippen LogP contribution in [0.5, 0.6) is 0 Å². The highest BCUT2D eigenvalue weighted by Gasteiger charge is 2.26. The largest absolute Gasteiger partial charge is 0.325 e. The van der Waals surface area contributed by atoms with Gasteiger partial charge in [0, 0.05) is 28.2 Å². The first-order chi connectivity index (χ1) is 13.5. The highest BCUT2D eigenvalue weighted by atomic mass is 79.9. The maximum absolute atomic E-state index is 12.5. The molecule has 2 aromatic carbocycles. The Kier molecular flexibility index (Phi) is 5.48. The Hall–Kier alpha value is -2.22. The van der Waals surface area contributed by atoms with Crippen molar-refractivity contribution >= 4 is 39.1 Å². The van der Waals surface area contributed by atoms with Gasteiger partial charge in [-0.05, 0) is 67.3 Å². The lowest BCUT2D eigenvalue weighted by Crippen LogP contribution is -2.37. The summed E-state index contributed by atoms with van der Waals surface area (Å²) in [6, 6.07) is 12.9. The molecular weight excluding hydrogens is 442 g/mol. The number of rotatable bonds is 6. The summed E-state index contributed by atoms with van der Waals surface area (Å²) in [5, 5.41) is 11.7. The number of hydrogen-bond donors (Lipinski definition) is 2. The van der Waals surface area contributed by atoms with Crippen LogP contribution in [0.15, 0.2) is 53.3 Å². The molecule has 1 aliphatic carbocycles. The molecule has 1 atom stereocenters. The molecule has 0 radical (unpaired) electrons. The third-order valence-electron chi connectivity index (χ3n) is 4.71. The summed E-state index contributed by atoms with van der Waals surface area (Å²) in [6.45, 7) is 0. The van der Waals surface area contributed by atoms with E-state index in [4.69, 9.17) is 17.3 Å². The standard InChI is InChI=1S/C20H19BrClN5O.H2/c21-14-3-8-17(22)13(9-14)10-18(23)20(28)25-15-4-1-12(2-5-15)19-26-24-11-27(19)16-6-7-16;/h1-5,8-9,11,16,18H,6-7,10,23H2,(H,25,28);1H. The van der Waals surface area contributed by atoms with E-state index < -0.39 is 6.04 Å². The van der Waals surface area contributed by atoms with Crippen molar-refractivity contribution in [2.75, 3.05) is 5.32 Å². The molecule has 1 aromatic heterocycles. The first-order valence-electron chi connectivity index (χ1n) is 9.01. The zero-order valence-corrected chi connectivity index (χ0v) is 17.3. The van der Waals surface area contributed by atoms with Crippen LogP contribution in [0.3, 0.4) is 0 Å². The molecule has 3 N–H and O–H groups in total. The van der Waals surface area contributed by atoms with Crippen LogP contribution < -0.4 is 11.1 Å². The number of amides is 1. The highest BCUT2D eigenvalue weighted by Crippen LogP contribution is 2.37. The van der Waals surface area contributed by atoms with Crippen LogP contribution in [0, 0.1) is 0 Å². The van der Waals surface area contributed by atoms with Crippen molar-refractivity contribution in [3.05, 3.63) is 63.9 Å².